The highest BCUT2D eigenvalue weighted by Gasteiger charge is 2.33. The molecule has 0 spiro atoms. The first-order valence-corrected chi connectivity index (χ1v) is 8.79. The quantitative estimate of drug-likeness (QED) is 0.617. The van der Waals surface area contributed by atoms with E-state index < -0.39 is 14.9 Å². The van der Waals surface area contributed by atoms with E-state index in [2.05, 4.69) is 5.32 Å². The molecule has 0 bridgehead atoms. The lowest BCUT2D eigenvalue weighted by molar-refractivity contribution is -0.385. The molecule has 1 heterocycles. The Kier molecular flexibility index (Phi) is 6.94. The molecule has 0 radical (unpaired) electrons. The third-order valence-electron chi connectivity index (χ3n) is 3.84. The summed E-state index contributed by atoms with van der Waals surface area (Å²) in [4.78, 5) is 10.4. The van der Waals surface area contributed by atoms with Crippen molar-refractivity contribution in [1.82, 2.24) is 9.62 Å². The Morgan fingerprint density at radius 1 is 1.43 bits per heavy atom. The van der Waals surface area contributed by atoms with Gasteiger partial charge in [-0.2, -0.15) is 4.31 Å². The van der Waals surface area contributed by atoms with Crippen LogP contribution in [0.3, 0.4) is 0 Å². The van der Waals surface area contributed by atoms with E-state index in [9.17, 15) is 18.5 Å². The topological polar surface area (TPSA) is 92.6 Å². The van der Waals surface area contributed by atoms with Crippen LogP contribution in [0, 0.1) is 17.0 Å². The predicted molar refractivity (Wildman–Crippen MR) is 90.5 cm³/mol. The summed E-state index contributed by atoms with van der Waals surface area (Å²) in [5, 5.41) is 14.0. The van der Waals surface area contributed by atoms with Gasteiger partial charge in [-0.25, -0.2) is 8.42 Å². The van der Waals surface area contributed by atoms with E-state index in [1.165, 1.54) is 22.5 Å². The van der Waals surface area contributed by atoms with Crippen LogP contribution in [0.15, 0.2) is 23.1 Å². The van der Waals surface area contributed by atoms with Crippen molar-refractivity contribution in [3.63, 3.8) is 0 Å². The van der Waals surface area contributed by atoms with E-state index in [1.54, 1.807) is 6.92 Å². The number of nitro groups is 1. The Hall–Kier alpha value is -1.22. The van der Waals surface area contributed by atoms with Crippen LogP contribution in [0.2, 0.25) is 0 Å². The van der Waals surface area contributed by atoms with Gasteiger partial charge in [0.2, 0.25) is 10.0 Å². The van der Waals surface area contributed by atoms with Gasteiger partial charge in [0.1, 0.15) is 0 Å². The number of rotatable bonds is 6. The number of nitrogens with zero attached hydrogens (tertiary/aromatic N) is 2. The maximum Gasteiger partial charge on any atom is 0.269 e. The predicted octanol–water partition coefficient (Wildman–Crippen LogP) is 2.09. The van der Waals surface area contributed by atoms with Gasteiger partial charge in [0.25, 0.3) is 5.69 Å². The second-order valence-corrected chi connectivity index (χ2v) is 7.33. The van der Waals surface area contributed by atoms with Gasteiger partial charge in [-0.1, -0.05) is 6.92 Å². The van der Waals surface area contributed by atoms with Gasteiger partial charge in [-0.3, -0.25) is 10.1 Å². The number of non-ortho nitro benzene ring substituents is 1. The lowest BCUT2D eigenvalue weighted by atomic mass is 10.2. The molecular weight excluding hydrogens is 342 g/mol. The summed E-state index contributed by atoms with van der Waals surface area (Å²) in [6.07, 6.45) is 1.51. The highest BCUT2D eigenvalue weighted by Crippen LogP contribution is 2.26. The van der Waals surface area contributed by atoms with Crippen molar-refractivity contribution >= 4 is 28.1 Å². The molecule has 1 fully saturated rings. The van der Waals surface area contributed by atoms with Crippen LogP contribution in [0.4, 0.5) is 5.69 Å². The first-order valence-electron chi connectivity index (χ1n) is 7.35. The number of aryl methyl sites for hydroxylation is 1. The molecule has 0 aliphatic carbocycles. The van der Waals surface area contributed by atoms with Gasteiger partial charge in [0.15, 0.2) is 0 Å². The van der Waals surface area contributed by atoms with Crippen LogP contribution in [-0.4, -0.2) is 43.3 Å². The number of hydrogen-bond acceptors (Lipinski definition) is 5. The molecule has 0 saturated carbocycles. The number of hydrogen-bond donors (Lipinski definition) is 1. The summed E-state index contributed by atoms with van der Waals surface area (Å²) in [6.45, 7) is 5.43. The average Bonchev–Trinajstić information content (AvgIpc) is 2.97. The smallest absolute Gasteiger partial charge is 0.269 e. The van der Waals surface area contributed by atoms with Crippen LogP contribution >= 0.6 is 12.4 Å². The van der Waals surface area contributed by atoms with Crippen molar-refractivity contribution in [2.45, 2.75) is 37.6 Å². The number of benzene rings is 1. The van der Waals surface area contributed by atoms with E-state index in [0.717, 1.165) is 19.4 Å². The zero-order valence-corrected chi connectivity index (χ0v) is 14.8. The van der Waals surface area contributed by atoms with Crippen LogP contribution in [0.1, 0.15) is 25.3 Å². The molecule has 1 N–H and O–H groups in total. The first kappa shape index (κ1) is 19.8. The van der Waals surface area contributed by atoms with Crippen molar-refractivity contribution in [2.24, 2.45) is 0 Å². The summed E-state index contributed by atoms with van der Waals surface area (Å²) in [5.41, 5.74) is 0.308. The van der Waals surface area contributed by atoms with E-state index in [4.69, 9.17) is 0 Å². The average molecular weight is 364 g/mol. The number of nitrogens with one attached hydrogen (secondary N) is 1. The molecule has 1 aromatic carbocycles. The molecule has 0 amide bonds. The standard InChI is InChI=1S/C14H21N3O4S.ClH/c1-3-8-16(13-6-7-15-10-13)22(20,21)14-5-4-12(17(18)19)9-11(14)2;/h4-5,9,13,15H,3,6-8,10H2,1-2H3;1H. The van der Waals surface area contributed by atoms with Crippen LogP contribution in [-0.2, 0) is 10.0 Å². The van der Waals surface area contributed by atoms with Crippen LogP contribution in [0.25, 0.3) is 0 Å². The Bertz CT molecular complexity index is 660. The van der Waals surface area contributed by atoms with Crippen molar-refractivity contribution in [1.29, 1.82) is 0 Å². The summed E-state index contributed by atoms with van der Waals surface area (Å²) in [6, 6.07) is 3.84. The van der Waals surface area contributed by atoms with E-state index in [-0.39, 0.29) is 29.0 Å². The molecule has 1 aliphatic rings. The lowest BCUT2D eigenvalue weighted by Gasteiger charge is -2.27. The molecule has 130 valence electrons. The monoisotopic (exact) mass is 363 g/mol. The van der Waals surface area contributed by atoms with Crippen LogP contribution in [0.5, 0.6) is 0 Å². The molecule has 23 heavy (non-hydrogen) atoms. The summed E-state index contributed by atoms with van der Waals surface area (Å²) in [7, 11) is -3.65. The van der Waals surface area contributed by atoms with Crippen molar-refractivity contribution in [2.75, 3.05) is 19.6 Å². The first-order chi connectivity index (χ1) is 10.4. The number of halogens is 1. The van der Waals surface area contributed by atoms with E-state index >= 15 is 0 Å². The summed E-state index contributed by atoms with van der Waals surface area (Å²) in [5.74, 6) is 0. The molecule has 0 aromatic heterocycles. The van der Waals surface area contributed by atoms with Gasteiger partial charge >= 0.3 is 0 Å². The highest BCUT2D eigenvalue weighted by molar-refractivity contribution is 7.89. The fourth-order valence-corrected chi connectivity index (χ4v) is 4.72. The zero-order valence-electron chi connectivity index (χ0n) is 13.2. The number of nitro benzene ring substituents is 1. The Labute approximate surface area is 142 Å². The van der Waals surface area contributed by atoms with Gasteiger partial charge in [-0.05, 0) is 37.9 Å². The molecule has 1 aromatic rings. The van der Waals surface area contributed by atoms with E-state index in [0.29, 0.717) is 18.7 Å². The zero-order chi connectivity index (χ0) is 16.3. The fraction of sp³-hybridized carbons (Fsp3) is 0.571. The second-order valence-electron chi connectivity index (χ2n) is 5.47. The SMILES string of the molecule is CCCN(C1CCNC1)S(=O)(=O)c1ccc([N+](=O)[O-])cc1C.Cl. The maximum atomic E-state index is 12.9. The third kappa shape index (κ3) is 4.20. The summed E-state index contributed by atoms with van der Waals surface area (Å²) < 4.78 is 27.4. The largest absolute Gasteiger partial charge is 0.315 e. The maximum absolute atomic E-state index is 12.9. The second kappa shape index (κ2) is 8.05. The Balaban J connectivity index is 0.00000264. The molecule has 1 saturated heterocycles. The minimum absolute atomic E-state index is 0. The third-order valence-corrected chi connectivity index (χ3v) is 5.95. The molecule has 1 aliphatic heterocycles. The van der Waals surface area contributed by atoms with Gasteiger partial charge in [0.05, 0.1) is 9.82 Å². The van der Waals surface area contributed by atoms with Crippen LogP contribution < -0.4 is 5.32 Å². The highest BCUT2D eigenvalue weighted by atomic mass is 35.5. The molecule has 9 heteroatoms. The normalized spacial score (nSPS) is 18.0. The van der Waals surface area contributed by atoms with Crippen molar-refractivity contribution in [3.8, 4) is 0 Å². The molecular formula is C14H22ClN3O4S. The summed E-state index contributed by atoms with van der Waals surface area (Å²) >= 11 is 0. The minimum Gasteiger partial charge on any atom is -0.315 e. The Morgan fingerprint density at radius 3 is 2.61 bits per heavy atom. The lowest BCUT2D eigenvalue weighted by Crippen LogP contribution is -2.42. The van der Waals surface area contributed by atoms with Gasteiger partial charge < -0.3 is 5.32 Å². The number of sulfonamides is 1. The van der Waals surface area contributed by atoms with E-state index in [1.807, 2.05) is 6.92 Å². The molecule has 1 atom stereocenters. The molecule has 2 rings (SSSR count). The van der Waals surface area contributed by atoms with Crippen molar-refractivity contribution < 1.29 is 13.3 Å². The molecule has 1 unspecified atom stereocenters. The van der Waals surface area contributed by atoms with Gasteiger partial charge in [0, 0.05) is 31.3 Å². The fourth-order valence-electron chi connectivity index (χ4n) is 2.77. The van der Waals surface area contributed by atoms with Crippen molar-refractivity contribution in [3.05, 3.63) is 33.9 Å². The Morgan fingerprint density at radius 2 is 2.13 bits per heavy atom. The minimum atomic E-state index is -3.65. The molecule has 7 nitrogen and oxygen atoms in total. The van der Waals surface area contributed by atoms with Gasteiger partial charge in [-0.15, -0.1) is 12.4 Å².